The quantitative estimate of drug-likeness (QED) is 0.379. The van der Waals surface area contributed by atoms with E-state index in [1.54, 1.807) is 0 Å². The molecule has 0 aromatic heterocycles. The number of hydrogen-bond donors (Lipinski definition) is 1. The predicted octanol–water partition coefficient (Wildman–Crippen LogP) is 1.24. The average Bonchev–Trinajstić information content (AvgIpc) is 2.28. The minimum absolute atomic E-state index is 0.0286. The minimum atomic E-state index is -1.11. The molecule has 1 N–H and O–H groups in total. The van der Waals surface area contributed by atoms with Crippen molar-refractivity contribution in [3.63, 3.8) is 0 Å². The van der Waals surface area contributed by atoms with E-state index < -0.39 is 28.3 Å². The van der Waals surface area contributed by atoms with E-state index in [2.05, 4.69) is 10.1 Å². The molecule has 1 amide bonds. The molecule has 0 unspecified atom stereocenters. The van der Waals surface area contributed by atoms with Crippen LogP contribution < -0.4 is 5.32 Å². The summed E-state index contributed by atoms with van der Waals surface area (Å²) in [4.78, 5) is 31.6. The molecule has 18 heavy (non-hydrogen) atoms. The number of carbonyl (C=O) groups is 2. The molecule has 0 heterocycles. The number of esters is 1. The monoisotopic (exact) mass is 256 g/mol. The fraction of sp³-hybridized carbons (Fsp3) is 0.200. The first-order valence-corrected chi connectivity index (χ1v) is 4.87. The summed E-state index contributed by atoms with van der Waals surface area (Å²) >= 11 is 0. The number of nitrogens with zero attached hydrogens (tertiary/aromatic N) is 1. The Bertz CT molecular complexity index is 503. The van der Waals surface area contributed by atoms with Crippen molar-refractivity contribution in [2.24, 2.45) is 0 Å². The van der Waals surface area contributed by atoms with E-state index in [4.69, 9.17) is 0 Å². The van der Waals surface area contributed by atoms with Gasteiger partial charge >= 0.3 is 17.6 Å². The SMILES string of the molecule is CCOC(=O)C(=O)Nc1ccc([N+](=O)[O-])c(F)c1. The summed E-state index contributed by atoms with van der Waals surface area (Å²) in [5.41, 5.74) is -0.791. The van der Waals surface area contributed by atoms with Crippen molar-refractivity contribution in [3.05, 3.63) is 34.1 Å². The second-order valence-corrected chi connectivity index (χ2v) is 3.10. The molecular weight excluding hydrogens is 247 g/mol. The van der Waals surface area contributed by atoms with Crippen LogP contribution in [0.1, 0.15) is 6.92 Å². The third-order valence-electron chi connectivity index (χ3n) is 1.86. The molecule has 1 rings (SSSR count). The molecule has 0 aliphatic carbocycles. The number of hydrogen-bond acceptors (Lipinski definition) is 5. The number of amides is 1. The summed E-state index contributed by atoms with van der Waals surface area (Å²) < 4.78 is 17.6. The van der Waals surface area contributed by atoms with Crippen LogP contribution in [0.15, 0.2) is 18.2 Å². The lowest BCUT2D eigenvalue weighted by molar-refractivity contribution is -0.387. The van der Waals surface area contributed by atoms with Crippen LogP contribution in [-0.4, -0.2) is 23.4 Å². The Morgan fingerprint density at radius 3 is 2.67 bits per heavy atom. The summed E-state index contributed by atoms with van der Waals surface area (Å²) in [6.07, 6.45) is 0. The van der Waals surface area contributed by atoms with Crippen LogP contribution in [0.2, 0.25) is 0 Å². The highest BCUT2D eigenvalue weighted by Crippen LogP contribution is 2.20. The lowest BCUT2D eigenvalue weighted by atomic mass is 10.2. The minimum Gasteiger partial charge on any atom is -0.459 e. The van der Waals surface area contributed by atoms with Gasteiger partial charge in [-0.1, -0.05) is 0 Å². The van der Waals surface area contributed by atoms with E-state index in [9.17, 15) is 24.1 Å². The molecule has 0 aliphatic rings. The van der Waals surface area contributed by atoms with Gasteiger partial charge < -0.3 is 10.1 Å². The lowest BCUT2D eigenvalue weighted by Crippen LogP contribution is -2.25. The molecule has 0 radical (unpaired) electrons. The number of carbonyl (C=O) groups excluding carboxylic acids is 2. The van der Waals surface area contributed by atoms with Gasteiger partial charge in [0, 0.05) is 17.8 Å². The summed E-state index contributed by atoms with van der Waals surface area (Å²) in [5.74, 6) is -3.30. The Kier molecular flexibility index (Phi) is 4.30. The average molecular weight is 256 g/mol. The van der Waals surface area contributed by atoms with Crippen LogP contribution in [0.4, 0.5) is 15.8 Å². The smallest absolute Gasteiger partial charge is 0.397 e. The van der Waals surface area contributed by atoms with Crippen molar-refractivity contribution in [1.29, 1.82) is 0 Å². The normalized spacial score (nSPS) is 9.67. The highest BCUT2D eigenvalue weighted by Gasteiger charge is 2.18. The Morgan fingerprint density at radius 2 is 2.17 bits per heavy atom. The van der Waals surface area contributed by atoms with Crippen LogP contribution >= 0.6 is 0 Å². The number of ether oxygens (including phenoxy) is 1. The number of rotatable bonds is 3. The molecule has 96 valence electrons. The van der Waals surface area contributed by atoms with Crippen LogP contribution in [0.5, 0.6) is 0 Å². The zero-order chi connectivity index (χ0) is 13.7. The fourth-order valence-corrected chi connectivity index (χ4v) is 1.11. The lowest BCUT2D eigenvalue weighted by Gasteiger charge is -2.04. The van der Waals surface area contributed by atoms with Gasteiger partial charge in [0.15, 0.2) is 0 Å². The Balaban J connectivity index is 2.81. The molecule has 7 nitrogen and oxygen atoms in total. The van der Waals surface area contributed by atoms with E-state index in [0.29, 0.717) is 0 Å². The molecule has 0 saturated heterocycles. The van der Waals surface area contributed by atoms with Crippen molar-refractivity contribution in [1.82, 2.24) is 0 Å². The molecule has 1 aromatic carbocycles. The number of halogens is 1. The third-order valence-corrected chi connectivity index (χ3v) is 1.86. The van der Waals surface area contributed by atoms with Crippen molar-refractivity contribution in [2.75, 3.05) is 11.9 Å². The maximum Gasteiger partial charge on any atom is 0.397 e. The van der Waals surface area contributed by atoms with E-state index in [1.165, 1.54) is 6.92 Å². The second-order valence-electron chi connectivity index (χ2n) is 3.10. The maximum absolute atomic E-state index is 13.2. The molecule has 0 fully saturated rings. The highest BCUT2D eigenvalue weighted by molar-refractivity contribution is 6.37. The zero-order valence-corrected chi connectivity index (χ0v) is 9.31. The van der Waals surface area contributed by atoms with Crippen molar-refractivity contribution < 1.29 is 23.6 Å². The van der Waals surface area contributed by atoms with Gasteiger partial charge in [-0.3, -0.25) is 14.9 Å². The maximum atomic E-state index is 13.2. The first-order chi connectivity index (χ1) is 8.45. The van der Waals surface area contributed by atoms with E-state index >= 15 is 0 Å². The van der Waals surface area contributed by atoms with Crippen molar-refractivity contribution >= 4 is 23.3 Å². The highest BCUT2D eigenvalue weighted by atomic mass is 19.1. The van der Waals surface area contributed by atoms with Gasteiger partial charge in [-0.25, -0.2) is 4.79 Å². The zero-order valence-electron chi connectivity index (χ0n) is 9.31. The van der Waals surface area contributed by atoms with Crippen molar-refractivity contribution in [3.8, 4) is 0 Å². The number of benzene rings is 1. The van der Waals surface area contributed by atoms with Crippen LogP contribution in [-0.2, 0) is 14.3 Å². The molecule has 0 bridgehead atoms. The predicted molar refractivity (Wildman–Crippen MR) is 58.3 cm³/mol. The topological polar surface area (TPSA) is 98.5 Å². The van der Waals surface area contributed by atoms with Crippen molar-refractivity contribution in [2.45, 2.75) is 6.92 Å². The summed E-state index contributed by atoms with van der Waals surface area (Å²) in [6.45, 7) is 1.55. The van der Waals surface area contributed by atoms with Gasteiger partial charge in [-0.15, -0.1) is 0 Å². The van der Waals surface area contributed by atoms with Gasteiger partial charge in [-0.2, -0.15) is 4.39 Å². The van der Waals surface area contributed by atoms with Crippen LogP contribution in [0, 0.1) is 15.9 Å². The van der Waals surface area contributed by atoms with Gasteiger partial charge in [-0.05, 0) is 13.0 Å². The largest absolute Gasteiger partial charge is 0.459 e. The summed E-state index contributed by atoms with van der Waals surface area (Å²) in [6, 6.07) is 2.74. The van der Waals surface area contributed by atoms with Gasteiger partial charge in [0.1, 0.15) is 0 Å². The number of nitrogens with one attached hydrogen (secondary N) is 1. The molecule has 0 atom stereocenters. The molecule has 0 spiro atoms. The number of anilines is 1. The van der Waals surface area contributed by atoms with Gasteiger partial charge in [0.2, 0.25) is 5.82 Å². The molecule has 1 aromatic rings. The molecule has 8 heteroatoms. The first-order valence-electron chi connectivity index (χ1n) is 4.87. The standard InChI is InChI=1S/C10H9FN2O5/c1-2-18-10(15)9(14)12-6-3-4-8(13(16)17)7(11)5-6/h3-5H,2H2,1H3,(H,12,14). The summed E-state index contributed by atoms with van der Waals surface area (Å²) in [5, 5.41) is 12.4. The number of nitro groups is 1. The van der Waals surface area contributed by atoms with Crippen LogP contribution in [0.25, 0.3) is 0 Å². The van der Waals surface area contributed by atoms with E-state index in [-0.39, 0.29) is 12.3 Å². The Hall–Kier alpha value is -2.51. The first kappa shape index (κ1) is 13.6. The Labute approximate surface area is 101 Å². The second kappa shape index (κ2) is 5.71. The third kappa shape index (κ3) is 3.24. The molecule has 0 aliphatic heterocycles. The Morgan fingerprint density at radius 1 is 1.50 bits per heavy atom. The number of nitro benzene ring substituents is 1. The molecule has 0 saturated carbocycles. The van der Waals surface area contributed by atoms with Crippen LogP contribution in [0.3, 0.4) is 0 Å². The fourth-order valence-electron chi connectivity index (χ4n) is 1.11. The van der Waals surface area contributed by atoms with E-state index in [1.807, 2.05) is 0 Å². The summed E-state index contributed by atoms with van der Waals surface area (Å²) in [7, 11) is 0. The van der Waals surface area contributed by atoms with Gasteiger partial charge in [0.05, 0.1) is 11.5 Å². The molecular formula is C10H9FN2O5. The van der Waals surface area contributed by atoms with Gasteiger partial charge in [0.25, 0.3) is 0 Å². The van der Waals surface area contributed by atoms with E-state index in [0.717, 1.165) is 18.2 Å².